The van der Waals surface area contributed by atoms with Crippen LogP contribution in [0.4, 0.5) is 0 Å². The lowest BCUT2D eigenvalue weighted by atomic mass is 9.86. The van der Waals surface area contributed by atoms with E-state index in [2.05, 4.69) is 8.80 Å². The van der Waals surface area contributed by atoms with Gasteiger partial charge in [0.2, 0.25) is 0 Å². The normalized spacial score (nSPS) is 17.7. The van der Waals surface area contributed by atoms with Crippen molar-refractivity contribution in [2.24, 2.45) is 8.80 Å². The van der Waals surface area contributed by atoms with Gasteiger partial charge in [0.15, 0.2) is 0 Å². The van der Waals surface area contributed by atoms with E-state index in [0.29, 0.717) is 22.3 Å². The molecule has 0 radical (unpaired) electrons. The predicted octanol–water partition coefficient (Wildman–Crippen LogP) is 1.16. The molecular weight excluding hydrogens is 308 g/mol. The molecule has 0 aromatic heterocycles. The summed E-state index contributed by atoms with van der Waals surface area (Å²) in [5.41, 5.74) is 1.41. The fourth-order valence-corrected chi connectivity index (χ4v) is 2.79. The van der Waals surface area contributed by atoms with Crippen molar-refractivity contribution in [1.82, 2.24) is 0 Å². The van der Waals surface area contributed by atoms with Gasteiger partial charge in [-0.2, -0.15) is 16.8 Å². The molecule has 0 aliphatic heterocycles. The minimum absolute atomic E-state index is 0.0248. The third-order valence-electron chi connectivity index (χ3n) is 2.96. The van der Waals surface area contributed by atoms with Gasteiger partial charge in [0, 0.05) is 0 Å². The van der Waals surface area contributed by atoms with Crippen molar-refractivity contribution >= 4 is 32.0 Å². The summed E-state index contributed by atoms with van der Waals surface area (Å²) in [6, 6.07) is 0. The molecule has 0 unspecified atom stereocenters. The standard InChI is InChI=1S/C10H14N2O6S2/c1-5-6(2)10(12-20(16,17)18)8(4)7(3)9(5)11-19(13,14)15/h1-4H3,(H,13,14,15)(H,16,17,18). The van der Waals surface area contributed by atoms with Crippen LogP contribution < -0.4 is 0 Å². The topological polar surface area (TPSA) is 133 Å². The van der Waals surface area contributed by atoms with Gasteiger partial charge in [0.05, 0.1) is 11.4 Å². The van der Waals surface area contributed by atoms with Crippen LogP contribution in [0.2, 0.25) is 0 Å². The summed E-state index contributed by atoms with van der Waals surface area (Å²) >= 11 is 0. The third kappa shape index (κ3) is 3.82. The van der Waals surface area contributed by atoms with Gasteiger partial charge in [0.1, 0.15) is 0 Å². The molecule has 2 N–H and O–H groups in total. The zero-order valence-corrected chi connectivity index (χ0v) is 12.9. The van der Waals surface area contributed by atoms with Gasteiger partial charge in [-0.15, -0.1) is 8.80 Å². The molecule has 0 heterocycles. The fourth-order valence-electron chi connectivity index (χ4n) is 1.78. The van der Waals surface area contributed by atoms with Crippen molar-refractivity contribution in [1.29, 1.82) is 0 Å². The first-order chi connectivity index (χ1) is 8.83. The second-order valence-electron chi connectivity index (χ2n) is 4.28. The highest BCUT2D eigenvalue weighted by Crippen LogP contribution is 2.27. The predicted molar refractivity (Wildman–Crippen MR) is 74.7 cm³/mol. The largest absolute Gasteiger partial charge is 0.378 e. The number of allylic oxidation sites excluding steroid dienone is 4. The molecule has 0 spiro atoms. The lowest BCUT2D eigenvalue weighted by Crippen LogP contribution is -2.21. The molecule has 1 rings (SSSR count). The van der Waals surface area contributed by atoms with Crippen molar-refractivity contribution in [2.45, 2.75) is 27.7 Å². The summed E-state index contributed by atoms with van der Waals surface area (Å²) in [7, 11) is -9.15. The van der Waals surface area contributed by atoms with Crippen LogP contribution in [-0.4, -0.2) is 37.4 Å². The molecule has 0 aromatic carbocycles. The highest BCUT2D eigenvalue weighted by atomic mass is 32.2. The van der Waals surface area contributed by atoms with Gasteiger partial charge >= 0.3 is 20.6 Å². The van der Waals surface area contributed by atoms with Crippen molar-refractivity contribution in [3.63, 3.8) is 0 Å². The monoisotopic (exact) mass is 322 g/mol. The number of rotatable bonds is 2. The Labute approximate surface area is 117 Å². The van der Waals surface area contributed by atoms with Gasteiger partial charge in [0.25, 0.3) is 0 Å². The van der Waals surface area contributed by atoms with Gasteiger partial charge in [-0.1, -0.05) is 0 Å². The van der Waals surface area contributed by atoms with Crippen molar-refractivity contribution < 1.29 is 25.9 Å². The molecule has 1 aliphatic carbocycles. The first-order valence-corrected chi connectivity index (χ1v) is 8.14. The summed E-state index contributed by atoms with van der Waals surface area (Å²) in [5, 5.41) is 0. The molecule has 20 heavy (non-hydrogen) atoms. The first-order valence-electron chi connectivity index (χ1n) is 5.34. The SMILES string of the molecule is CC1=C(C)C(=NS(=O)(=O)O)C(C)=C(C)C1=NS(=O)(=O)O. The Morgan fingerprint density at radius 1 is 0.650 bits per heavy atom. The van der Waals surface area contributed by atoms with Crippen LogP contribution >= 0.6 is 0 Å². The second-order valence-corrected chi connectivity index (χ2v) is 6.43. The van der Waals surface area contributed by atoms with Crippen LogP contribution in [0, 0.1) is 0 Å². The van der Waals surface area contributed by atoms with Crippen LogP contribution in [0.3, 0.4) is 0 Å². The van der Waals surface area contributed by atoms with Crippen LogP contribution in [0.25, 0.3) is 0 Å². The molecule has 0 bridgehead atoms. The molecule has 0 saturated heterocycles. The maximum absolute atomic E-state index is 10.9. The highest BCUT2D eigenvalue weighted by Gasteiger charge is 2.25. The van der Waals surface area contributed by atoms with E-state index >= 15 is 0 Å². The fraction of sp³-hybridized carbons (Fsp3) is 0.400. The molecule has 0 atom stereocenters. The molecule has 112 valence electrons. The second kappa shape index (κ2) is 5.20. The molecule has 0 fully saturated rings. The highest BCUT2D eigenvalue weighted by molar-refractivity contribution is 7.84. The zero-order chi connectivity index (χ0) is 15.9. The smallest absolute Gasteiger partial charge is 0.268 e. The van der Waals surface area contributed by atoms with Gasteiger partial charge < -0.3 is 0 Å². The molecule has 0 saturated carbocycles. The summed E-state index contributed by atoms with van der Waals surface area (Å²) < 4.78 is 67.5. The van der Waals surface area contributed by atoms with Crippen LogP contribution in [-0.2, 0) is 20.6 Å². The Kier molecular flexibility index (Phi) is 4.34. The van der Waals surface area contributed by atoms with E-state index in [-0.39, 0.29) is 11.4 Å². The third-order valence-corrected chi connectivity index (χ3v) is 3.79. The maximum Gasteiger partial charge on any atom is 0.378 e. The Morgan fingerprint density at radius 3 is 1.00 bits per heavy atom. The van der Waals surface area contributed by atoms with Crippen molar-refractivity contribution in [3.8, 4) is 0 Å². The summed E-state index contributed by atoms with van der Waals surface area (Å²) in [5.74, 6) is 0. The Bertz CT molecular complexity index is 686. The van der Waals surface area contributed by atoms with Gasteiger partial charge in [-0.05, 0) is 50.0 Å². The van der Waals surface area contributed by atoms with E-state index < -0.39 is 20.6 Å². The minimum Gasteiger partial charge on any atom is -0.268 e. The Balaban J connectivity index is 3.68. The van der Waals surface area contributed by atoms with Crippen molar-refractivity contribution in [2.75, 3.05) is 0 Å². The summed E-state index contributed by atoms with van der Waals surface area (Å²) in [6.45, 7) is 6.03. The van der Waals surface area contributed by atoms with Crippen LogP contribution in [0.15, 0.2) is 31.1 Å². The maximum atomic E-state index is 10.9. The minimum atomic E-state index is -4.58. The van der Waals surface area contributed by atoms with E-state index in [1.165, 1.54) is 27.7 Å². The first kappa shape index (κ1) is 16.7. The van der Waals surface area contributed by atoms with Crippen LogP contribution in [0.1, 0.15) is 27.7 Å². The number of nitrogens with zero attached hydrogens (tertiary/aromatic N) is 2. The average molecular weight is 322 g/mol. The van der Waals surface area contributed by atoms with Gasteiger partial charge in [-0.3, -0.25) is 9.11 Å². The van der Waals surface area contributed by atoms with Gasteiger partial charge in [-0.25, -0.2) is 0 Å². The molecule has 8 nitrogen and oxygen atoms in total. The van der Waals surface area contributed by atoms with E-state index in [0.717, 1.165) is 0 Å². The van der Waals surface area contributed by atoms with Crippen LogP contribution in [0.5, 0.6) is 0 Å². The Morgan fingerprint density at radius 2 is 0.850 bits per heavy atom. The zero-order valence-electron chi connectivity index (χ0n) is 11.2. The quantitative estimate of drug-likeness (QED) is 0.579. The summed E-state index contributed by atoms with van der Waals surface area (Å²) in [6.07, 6.45) is 0. The van der Waals surface area contributed by atoms with E-state index in [4.69, 9.17) is 9.11 Å². The van der Waals surface area contributed by atoms with E-state index in [1.54, 1.807) is 0 Å². The lowest BCUT2D eigenvalue weighted by Gasteiger charge is -2.21. The molecule has 0 aromatic rings. The van der Waals surface area contributed by atoms with Crippen molar-refractivity contribution in [3.05, 3.63) is 22.3 Å². The number of hydrogen-bond donors (Lipinski definition) is 2. The lowest BCUT2D eigenvalue weighted by molar-refractivity contribution is 0.483. The summed E-state index contributed by atoms with van der Waals surface area (Å²) in [4.78, 5) is 0. The molecular formula is C10H14N2O6S2. The van der Waals surface area contributed by atoms with E-state index in [1.807, 2.05) is 0 Å². The number of hydrogen-bond acceptors (Lipinski definition) is 4. The average Bonchev–Trinajstić information content (AvgIpc) is 2.25. The molecule has 1 aliphatic rings. The molecule has 10 heteroatoms. The van der Waals surface area contributed by atoms with E-state index in [9.17, 15) is 16.8 Å². The Hall–Kier alpha value is -1.36. The molecule has 0 amide bonds.